The van der Waals surface area contributed by atoms with E-state index in [1.165, 1.54) is 7.11 Å². The molecular formula is C21H20N2O4S. The molecule has 0 saturated carbocycles. The van der Waals surface area contributed by atoms with Crippen LogP contribution in [0, 0.1) is 0 Å². The number of thiocarbonyl (C=S) groups is 1. The van der Waals surface area contributed by atoms with Gasteiger partial charge in [-0.3, -0.25) is 0 Å². The predicted molar refractivity (Wildman–Crippen MR) is 109 cm³/mol. The maximum atomic E-state index is 12.3. The molecule has 144 valence electrons. The normalized spacial score (nSPS) is 16.5. The summed E-state index contributed by atoms with van der Waals surface area (Å²) in [4.78, 5) is 26.2. The molecule has 7 heteroatoms. The minimum absolute atomic E-state index is 0.411. The highest BCUT2D eigenvalue weighted by Gasteiger charge is 2.33. The van der Waals surface area contributed by atoms with Gasteiger partial charge in [0.15, 0.2) is 5.11 Å². The van der Waals surface area contributed by atoms with Crippen LogP contribution in [0.1, 0.15) is 28.9 Å². The van der Waals surface area contributed by atoms with Gasteiger partial charge in [-0.05, 0) is 49.0 Å². The molecule has 1 N–H and O–H groups in total. The number of nitrogens with zero attached hydrogens (tertiary/aromatic N) is 1. The molecule has 0 aliphatic carbocycles. The Balaban J connectivity index is 1.84. The van der Waals surface area contributed by atoms with Crippen LogP contribution in [0.2, 0.25) is 0 Å². The second-order valence-corrected chi connectivity index (χ2v) is 6.64. The molecule has 1 atom stereocenters. The van der Waals surface area contributed by atoms with Crippen molar-refractivity contribution in [3.63, 3.8) is 0 Å². The first kappa shape index (κ1) is 19.6. The Morgan fingerprint density at radius 1 is 1.04 bits per heavy atom. The Kier molecular flexibility index (Phi) is 5.75. The van der Waals surface area contributed by atoms with Crippen LogP contribution in [0.4, 0.5) is 0 Å². The Hall–Kier alpha value is -3.19. The fourth-order valence-electron chi connectivity index (χ4n) is 2.93. The van der Waals surface area contributed by atoms with Crippen molar-refractivity contribution in [2.75, 3.05) is 14.2 Å². The molecule has 6 nitrogen and oxygen atoms in total. The summed E-state index contributed by atoms with van der Waals surface area (Å²) in [5, 5.41) is 3.66. The zero-order valence-electron chi connectivity index (χ0n) is 15.8. The molecule has 0 aromatic heterocycles. The second-order valence-electron chi connectivity index (χ2n) is 6.26. The summed E-state index contributed by atoms with van der Waals surface area (Å²) in [6, 6.07) is 15.3. The number of rotatable bonds is 4. The van der Waals surface area contributed by atoms with E-state index in [1.54, 1.807) is 60.5 Å². The third-order valence-corrected chi connectivity index (χ3v) is 4.98. The maximum Gasteiger partial charge on any atom is 0.343 e. The van der Waals surface area contributed by atoms with Crippen LogP contribution in [0.25, 0.3) is 0 Å². The summed E-state index contributed by atoms with van der Waals surface area (Å²) in [5.74, 6) is -0.449. The van der Waals surface area contributed by atoms with E-state index in [0.717, 1.165) is 11.3 Å². The molecule has 0 unspecified atom stereocenters. The van der Waals surface area contributed by atoms with E-state index in [1.807, 2.05) is 13.0 Å². The van der Waals surface area contributed by atoms with Gasteiger partial charge in [0.2, 0.25) is 0 Å². The zero-order valence-corrected chi connectivity index (χ0v) is 16.6. The lowest BCUT2D eigenvalue weighted by molar-refractivity contribution is -0.136. The molecule has 1 aliphatic heterocycles. The van der Waals surface area contributed by atoms with Crippen molar-refractivity contribution in [1.82, 2.24) is 10.2 Å². The van der Waals surface area contributed by atoms with Gasteiger partial charge in [0.1, 0.15) is 5.75 Å². The van der Waals surface area contributed by atoms with Gasteiger partial charge in [-0.15, -0.1) is 0 Å². The molecule has 2 aromatic rings. The fraction of sp³-hybridized carbons (Fsp3) is 0.190. The van der Waals surface area contributed by atoms with Gasteiger partial charge in [-0.1, -0.05) is 30.3 Å². The summed E-state index contributed by atoms with van der Waals surface area (Å²) < 4.78 is 10.3. The number of hydrogen-bond donors (Lipinski definition) is 1. The maximum absolute atomic E-state index is 12.3. The molecule has 1 heterocycles. The van der Waals surface area contributed by atoms with Crippen LogP contribution in [-0.2, 0) is 9.53 Å². The van der Waals surface area contributed by atoms with E-state index >= 15 is 0 Å². The summed E-state index contributed by atoms with van der Waals surface area (Å²) >= 11 is 5.35. The van der Waals surface area contributed by atoms with Crippen molar-refractivity contribution >= 4 is 29.3 Å². The Morgan fingerprint density at radius 3 is 2.29 bits per heavy atom. The standard InChI is InChI=1S/C21H20N2O4S/c1-13-17(20(25)26-3)18(22-21(28)23(13)2)14-9-11-16(12-10-14)27-19(24)15-7-5-4-6-8-15/h4-12,18H,1-3H3,(H,22,28)/t18-/m1/s1. The van der Waals surface area contributed by atoms with Gasteiger partial charge in [-0.25, -0.2) is 9.59 Å². The van der Waals surface area contributed by atoms with Gasteiger partial charge >= 0.3 is 11.9 Å². The summed E-state index contributed by atoms with van der Waals surface area (Å²) in [5.41, 5.74) is 2.47. The van der Waals surface area contributed by atoms with E-state index in [0.29, 0.717) is 22.0 Å². The lowest BCUT2D eigenvalue weighted by Gasteiger charge is -2.35. The van der Waals surface area contributed by atoms with Crippen molar-refractivity contribution in [3.8, 4) is 5.75 Å². The minimum Gasteiger partial charge on any atom is -0.466 e. The molecule has 0 spiro atoms. The molecule has 28 heavy (non-hydrogen) atoms. The molecule has 0 saturated heterocycles. The van der Waals surface area contributed by atoms with Gasteiger partial charge in [-0.2, -0.15) is 0 Å². The quantitative estimate of drug-likeness (QED) is 0.483. The van der Waals surface area contributed by atoms with Crippen LogP contribution in [0.15, 0.2) is 65.9 Å². The molecule has 0 radical (unpaired) electrons. The van der Waals surface area contributed by atoms with E-state index in [2.05, 4.69) is 5.32 Å². The van der Waals surface area contributed by atoms with Gasteiger partial charge < -0.3 is 19.7 Å². The van der Waals surface area contributed by atoms with Crippen molar-refractivity contribution in [1.29, 1.82) is 0 Å². The van der Waals surface area contributed by atoms with E-state index in [4.69, 9.17) is 21.7 Å². The Labute approximate surface area is 168 Å². The molecule has 1 aliphatic rings. The number of hydrogen-bond acceptors (Lipinski definition) is 5. The van der Waals surface area contributed by atoms with Crippen molar-refractivity contribution in [2.45, 2.75) is 13.0 Å². The highest BCUT2D eigenvalue weighted by molar-refractivity contribution is 7.80. The highest BCUT2D eigenvalue weighted by Crippen LogP contribution is 2.31. The number of allylic oxidation sites excluding steroid dienone is 1. The van der Waals surface area contributed by atoms with Crippen molar-refractivity contribution in [2.24, 2.45) is 0 Å². The summed E-state index contributed by atoms with van der Waals surface area (Å²) in [6.07, 6.45) is 0. The van der Waals surface area contributed by atoms with Crippen molar-refractivity contribution in [3.05, 3.63) is 77.0 Å². The average molecular weight is 396 g/mol. The SMILES string of the molecule is COC(=O)C1=C(C)N(C)C(=S)N[C@@H]1c1ccc(OC(=O)c2ccccc2)cc1. The van der Waals surface area contributed by atoms with E-state index < -0.39 is 18.0 Å². The first-order valence-corrected chi connectivity index (χ1v) is 9.03. The third kappa shape index (κ3) is 3.89. The smallest absolute Gasteiger partial charge is 0.343 e. The van der Waals surface area contributed by atoms with Gasteiger partial charge in [0.05, 0.1) is 24.3 Å². The van der Waals surface area contributed by atoms with Crippen molar-refractivity contribution < 1.29 is 19.1 Å². The monoisotopic (exact) mass is 396 g/mol. The molecule has 2 aromatic carbocycles. The lowest BCUT2D eigenvalue weighted by Crippen LogP contribution is -2.46. The number of carbonyl (C=O) groups is 2. The summed E-state index contributed by atoms with van der Waals surface area (Å²) in [6.45, 7) is 1.82. The Bertz CT molecular complexity index is 939. The van der Waals surface area contributed by atoms with Gasteiger partial charge in [0.25, 0.3) is 0 Å². The lowest BCUT2D eigenvalue weighted by atomic mass is 9.95. The number of methoxy groups -OCH3 is 1. The topological polar surface area (TPSA) is 67.9 Å². The number of esters is 2. The number of benzene rings is 2. The highest BCUT2D eigenvalue weighted by atomic mass is 32.1. The first-order chi connectivity index (χ1) is 13.4. The molecule has 0 amide bonds. The van der Waals surface area contributed by atoms with Crippen LogP contribution >= 0.6 is 12.2 Å². The molecule has 3 rings (SSSR count). The molecular weight excluding hydrogens is 376 g/mol. The average Bonchev–Trinajstić information content (AvgIpc) is 2.72. The number of carbonyl (C=O) groups excluding carboxylic acids is 2. The van der Waals surface area contributed by atoms with E-state index in [-0.39, 0.29) is 0 Å². The Morgan fingerprint density at radius 2 is 1.68 bits per heavy atom. The molecule has 0 bridgehead atoms. The van der Waals surface area contributed by atoms with Crippen LogP contribution in [-0.4, -0.2) is 36.1 Å². The van der Waals surface area contributed by atoms with Crippen LogP contribution in [0.5, 0.6) is 5.75 Å². The minimum atomic E-state index is -0.449. The van der Waals surface area contributed by atoms with Crippen LogP contribution in [0.3, 0.4) is 0 Å². The first-order valence-electron chi connectivity index (χ1n) is 8.63. The number of nitrogens with one attached hydrogen (secondary N) is 1. The third-order valence-electron chi connectivity index (χ3n) is 4.59. The fourth-order valence-corrected chi connectivity index (χ4v) is 3.18. The number of ether oxygens (including phenoxy) is 2. The second kappa shape index (κ2) is 8.22. The molecule has 0 fully saturated rings. The zero-order chi connectivity index (χ0) is 20.3. The van der Waals surface area contributed by atoms with Crippen LogP contribution < -0.4 is 10.1 Å². The predicted octanol–water partition coefficient (Wildman–Crippen LogP) is 3.21. The van der Waals surface area contributed by atoms with Gasteiger partial charge in [0, 0.05) is 12.7 Å². The summed E-state index contributed by atoms with van der Waals surface area (Å²) in [7, 11) is 3.13. The van der Waals surface area contributed by atoms with E-state index in [9.17, 15) is 9.59 Å². The largest absolute Gasteiger partial charge is 0.466 e.